The van der Waals surface area contributed by atoms with Crippen molar-refractivity contribution in [1.82, 2.24) is 19.4 Å². The maximum absolute atomic E-state index is 13.1. The van der Waals surface area contributed by atoms with Crippen molar-refractivity contribution < 1.29 is 9.53 Å². The molecule has 1 aliphatic heterocycles. The quantitative estimate of drug-likeness (QED) is 0.567. The summed E-state index contributed by atoms with van der Waals surface area (Å²) in [6.45, 7) is 2.77. The third-order valence-corrected chi connectivity index (χ3v) is 5.03. The summed E-state index contributed by atoms with van der Waals surface area (Å²) in [5.41, 5.74) is 2.69. The Morgan fingerprint density at radius 1 is 1.00 bits per heavy atom. The van der Waals surface area contributed by atoms with E-state index in [1.54, 1.807) is 6.07 Å². The lowest BCUT2D eigenvalue weighted by molar-refractivity contribution is 0.102. The van der Waals surface area contributed by atoms with Crippen LogP contribution in [0.2, 0.25) is 0 Å². The van der Waals surface area contributed by atoms with Crippen LogP contribution in [0.4, 0.5) is 11.6 Å². The number of anilines is 2. The SMILES string of the molecule is O=C(Nc1c(-c2ccccc2)nc2ccccn12)c1cc(N2CCOCC2)ncn1. The monoisotopic (exact) mass is 400 g/mol. The van der Waals surface area contributed by atoms with Gasteiger partial charge in [0.05, 0.1) is 13.2 Å². The fourth-order valence-electron chi connectivity index (χ4n) is 3.52. The van der Waals surface area contributed by atoms with Crippen molar-refractivity contribution in [1.29, 1.82) is 0 Å². The minimum absolute atomic E-state index is 0.302. The van der Waals surface area contributed by atoms with E-state index < -0.39 is 0 Å². The number of pyridine rings is 1. The van der Waals surface area contributed by atoms with Gasteiger partial charge in [-0.1, -0.05) is 36.4 Å². The first-order valence-corrected chi connectivity index (χ1v) is 9.78. The first-order chi connectivity index (χ1) is 14.8. The number of aromatic nitrogens is 4. The third kappa shape index (κ3) is 3.48. The van der Waals surface area contributed by atoms with Crippen LogP contribution in [0.5, 0.6) is 0 Å². The van der Waals surface area contributed by atoms with E-state index in [9.17, 15) is 4.79 Å². The number of rotatable bonds is 4. The molecule has 0 radical (unpaired) electrons. The summed E-state index contributed by atoms with van der Waals surface area (Å²) >= 11 is 0. The van der Waals surface area contributed by atoms with Crippen LogP contribution in [0, 0.1) is 0 Å². The Morgan fingerprint density at radius 2 is 1.80 bits per heavy atom. The molecule has 1 saturated heterocycles. The average molecular weight is 400 g/mol. The molecule has 5 rings (SSSR count). The Hall–Kier alpha value is -3.78. The predicted molar refractivity (Wildman–Crippen MR) is 114 cm³/mol. The highest BCUT2D eigenvalue weighted by Gasteiger charge is 2.19. The number of morpholine rings is 1. The first kappa shape index (κ1) is 18.3. The van der Waals surface area contributed by atoms with Crippen LogP contribution in [0.25, 0.3) is 16.9 Å². The third-order valence-electron chi connectivity index (χ3n) is 5.03. The van der Waals surface area contributed by atoms with Crippen LogP contribution in [0.3, 0.4) is 0 Å². The molecule has 150 valence electrons. The van der Waals surface area contributed by atoms with Gasteiger partial charge in [-0.3, -0.25) is 9.20 Å². The van der Waals surface area contributed by atoms with E-state index in [2.05, 4.69) is 20.2 Å². The van der Waals surface area contributed by atoms with Gasteiger partial charge in [0, 0.05) is 30.9 Å². The van der Waals surface area contributed by atoms with Crippen molar-refractivity contribution in [3.05, 3.63) is 72.8 Å². The molecule has 8 heteroatoms. The van der Waals surface area contributed by atoms with Gasteiger partial charge in [0.2, 0.25) is 0 Å². The first-order valence-electron chi connectivity index (χ1n) is 9.78. The number of nitrogens with zero attached hydrogens (tertiary/aromatic N) is 5. The van der Waals surface area contributed by atoms with Crippen molar-refractivity contribution in [3.8, 4) is 11.3 Å². The number of ether oxygens (including phenoxy) is 1. The van der Waals surface area contributed by atoms with Crippen molar-refractivity contribution in [2.75, 3.05) is 36.5 Å². The maximum atomic E-state index is 13.1. The van der Waals surface area contributed by atoms with Crippen molar-refractivity contribution in [2.45, 2.75) is 0 Å². The lowest BCUT2D eigenvalue weighted by Crippen LogP contribution is -2.37. The van der Waals surface area contributed by atoms with Crippen molar-refractivity contribution in [3.63, 3.8) is 0 Å². The molecular formula is C22H20N6O2. The minimum atomic E-state index is -0.310. The molecule has 0 spiro atoms. The molecule has 0 saturated carbocycles. The maximum Gasteiger partial charge on any atom is 0.275 e. The highest BCUT2D eigenvalue weighted by atomic mass is 16.5. The molecule has 1 amide bonds. The standard InChI is InChI=1S/C22H20N6O2/c29-22(17-14-19(24-15-23-17)27-10-12-30-13-11-27)26-21-20(16-6-2-1-3-7-16)25-18-8-4-5-9-28(18)21/h1-9,14-15H,10-13H2,(H,26,29). The van der Waals surface area contributed by atoms with Crippen LogP contribution in [-0.2, 0) is 4.74 Å². The molecule has 8 nitrogen and oxygen atoms in total. The molecule has 1 N–H and O–H groups in total. The van der Waals surface area contributed by atoms with Gasteiger partial charge in [-0.05, 0) is 12.1 Å². The zero-order chi connectivity index (χ0) is 20.3. The summed E-state index contributed by atoms with van der Waals surface area (Å²) in [6, 6.07) is 17.2. The van der Waals surface area contributed by atoms with Gasteiger partial charge in [-0.15, -0.1) is 0 Å². The number of hydrogen-bond acceptors (Lipinski definition) is 6. The van der Waals surface area contributed by atoms with Crippen LogP contribution in [-0.4, -0.2) is 51.6 Å². The summed E-state index contributed by atoms with van der Waals surface area (Å²) in [5.74, 6) is 1.02. The van der Waals surface area contributed by atoms with Gasteiger partial charge in [-0.25, -0.2) is 15.0 Å². The topological polar surface area (TPSA) is 84.7 Å². The summed E-state index contributed by atoms with van der Waals surface area (Å²) < 4.78 is 7.26. The Kier molecular flexibility index (Phi) is 4.82. The molecule has 4 heterocycles. The van der Waals surface area contributed by atoms with Gasteiger partial charge in [0.15, 0.2) is 0 Å². The Morgan fingerprint density at radius 3 is 2.63 bits per heavy atom. The summed E-state index contributed by atoms with van der Waals surface area (Å²) in [7, 11) is 0. The molecule has 0 atom stereocenters. The van der Waals surface area contributed by atoms with E-state index in [4.69, 9.17) is 9.72 Å². The van der Waals surface area contributed by atoms with E-state index >= 15 is 0 Å². The predicted octanol–water partition coefficient (Wildman–Crippen LogP) is 2.88. The molecule has 1 fully saturated rings. The highest BCUT2D eigenvalue weighted by Crippen LogP contribution is 2.29. The minimum Gasteiger partial charge on any atom is -0.378 e. The van der Waals surface area contributed by atoms with Crippen LogP contribution < -0.4 is 10.2 Å². The van der Waals surface area contributed by atoms with E-state index in [1.807, 2.05) is 59.1 Å². The van der Waals surface area contributed by atoms with Gasteiger partial charge in [0.25, 0.3) is 5.91 Å². The van der Waals surface area contributed by atoms with Gasteiger partial charge >= 0.3 is 0 Å². The number of benzene rings is 1. The Labute approximate surface area is 173 Å². The second kappa shape index (κ2) is 7.92. The van der Waals surface area contributed by atoms with Gasteiger partial charge < -0.3 is 15.0 Å². The fourth-order valence-corrected chi connectivity index (χ4v) is 3.52. The number of hydrogen-bond donors (Lipinski definition) is 1. The molecule has 0 aliphatic carbocycles. The fraction of sp³-hybridized carbons (Fsp3) is 0.182. The summed E-state index contributed by atoms with van der Waals surface area (Å²) in [5, 5.41) is 3.01. The molecule has 4 aromatic rings. The number of amides is 1. The number of imidazole rings is 1. The zero-order valence-corrected chi connectivity index (χ0v) is 16.2. The molecule has 0 bridgehead atoms. The van der Waals surface area contributed by atoms with Crippen LogP contribution >= 0.6 is 0 Å². The van der Waals surface area contributed by atoms with E-state index in [0.717, 1.165) is 30.1 Å². The molecule has 0 unspecified atom stereocenters. The second-order valence-electron chi connectivity index (χ2n) is 6.92. The molecule has 1 aliphatic rings. The van der Waals surface area contributed by atoms with Crippen LogP contribution in [0.1, 0.15) is 10.5 Å². The molecule has 30 heavy (non-hydrogen) atoms. The van der Waals surface area contributed by atoms with Gasteiger partial charge in [0.1, 0.15) is 35.0 Å². The van der Waals surface area contributed by atoms with E-state index in [0.29, 0.717) is 30.4 Å². The summed E-state index contributed by atoms with van der Waals surface area (Å²) in [4.78, 5) is 28.4. The average Bonchev–Trinajstić information content (AvgIpc) is 3.19. The smallest absolute Gasteiger partial charge is 0.275 e. The lowest BCUT2D eigenvalue weighted by atomic mass is 10.1. The highest BCUT2D eigenvalue weighted by molar-refractivity contribution is 6.04. The van der Waals surface area contributed by atoms with Crippen LogP contribution in [0.15, 0.2) is 67.1 Å². The van der Waals surface area contributed by atoms with E-state index in [-0.39, 0.29) is 5.91 Å². The lowest BCUT2D eigenvalue weighted by Gasteiger charge is -2.27. The summed E-state index contributed by atoms with van der Waals surface area (Å²) in [6.07, 6.45) is 3.30. The Balaban J connectivity index is 1.49. The molecule has 3 aromatic heterocycles. The second-order valence-corrected chi connectivity index (χ2v) is 6.92. The normalized spacial score (nSPS) is 14.1. The molecular weight excluding hydrogens is 380 g/mol. The molecule has 1 aromatic carbocycles. The van der Waals surface area contributed by atoms with E-state index in [1.165, 1.54) is 6.33 Å². The van der Waals surface area contributed by atoms with Crippen molar-refractivity contribution >= 4 is 23.2 Å². The zero-order valence-electron chi connectivity index (χ0n) is 16.2. The number of carbonyl (C=O) groups is 1. The Bertz CT molecular complexity index is 1180. The van der Waals surface area contributed by atoms with Gasteiger partial charge in [-0.2, -0.15) is 0 Å². The largest absolute Gasteiger partial charge is 0.378 e. The number of carbonyl (C=O) groups excluding carboxylic acids is 1. The van der Waals surface area contributed by atoms with Crippen molar-refractivity contribution in [2.24, 2.45) is 0 Å². The number of fused-ring (bicyclic) bond motifs is 1. The number of nitrogens with one attached hydrogen (secondary N) is 1.